The Balaban J connectivity index is 1.67. The SMILES string of the molecule is COC1(c2nnc(-c3oc(C4CC4)nc3C)o2)CCOC1. The number of aryl methyl sites for hydroxylation is 1. The molecule has 1 saturated carbocycles. The number of oxazole rings is 1. The van der Waals surface area contributed by atoms with Crippen molar-refractivity contribution in [2.45, 2.75) is 37.7 Å². The van der Waals surface area contributed by atoms with Crippen LogP contribution in [0, 0.1) is 6.92 Å². The van der Waals surface area contributed by atoms with Gasteiger partial charge < -0.3 is 18.3 Å². The third kappa shape index (κ3) is 2.08. The molecule has 7 nitrogen and oxygen atoms in total. The van der Waals surface area contributed by atoms with Crippen LogP contribution < -0.4 is 0 Å². The molecule has 112 valence electrons. The first-order valence-electron chi connectivity index (χ1n) is 7.16. The van der Waals surface area contributed by atoms with Gasteiger partial charge in [-0.25, -0.2) is 4.98 Å². The standard InChI is InChI=1S/C14H17N3O4/c1-8-10(20-11(15-8)9-3-4-9)12-16-17-13(21-12)14(18-2)5-6-19-7-14/h9H,3-7H2,1-2H3. The van der Waals surface area contributed by atoms with Crippen LogP contribution in [0.15, 0.2) is 8.83 Å². The molecule has 21 heavy (non-hydrogen) atoms. The van der Waals surface area contributed by atoms with Gasteiger partial charge in [0.05, 0.1) is 18.9 Å². The van der Waals surface area contributed by atoms with Crippen molar-refractivity contribution in [3.8, 4) is 11.7 Å². The van der Waals surface area contributed by atoms with E-state index in [2.05, 4.69) is 15.2 Å². The van der Waals surface area contributed by atoms with Crippen LogP contribution in [0.25, 0.3) is 11.7 Å². The molecule has 1 aliphatic heterocycles. The number of nitrogens with zero attached hydrogens (tertiary/aromatic N) is 3. The van der Waals surface area contributed by atoms with Crippen molar-refractivity contribution in [1.82, 2.24) is 15.2 Å². The quantitative estimate of drug-likeness (QED) is 0.853. The van der Waals surface area contributed by atoms with Gasteiger partial charge in [-0.15, -0.1) is 10.2 Å². The highest BCUT2D eigenvalue weighted by Crippen LogP contribution is 2.42. The lowest BCUT2D eigenvalue weighted by Crippen LogP contribution is -2.29. The van der Waals surface area contributed by atoms with Gasteiger partial charge in [0.25, 0.3) is 11.8 Å². The Morgan fingerprint density at radius 2 is 2.10 bits per heavy atom. The highest BCUT2D eigenvalue weighted by atomic mass is 16.6. The van der Waals surface area contributed by atoms with Crippen LogP contribution >= 0.6 is 0 Å². The number of hydrogen-bond acceptors (Lipinski definition) is 7. The third-order valence-electron chi connectivity index (χ3n) is 4.12. The van der Waals surface area contributed by atoms with E-state index in [-0.39, 0.29) is 0 Å². The summed E-state index contributed by atoms with van der Waals surface area (Å²) >= 11 is 0. The number of aromatic nitrogens is 3. The number of methoxy groups -OCH3 is 1. The molecular weight excluding hydrogens is 274 g/mol. The van der Waals surface area contributed by atoms with Crippen LogP contribution in [0.3, 0.4) is 0 Å². The van der Waals surface area contributed by atoms with Gasteiger partial charge in [-0.2, -0.15) is 0 Å². The first kappa shape index (κ1) is 13.0. The molecule has 0 N–H and O–H groups in total. The smallest absolute Gasteiger partial charge is 0.285 e. The molecule has 1 saturated heterocycles. The predicted octanol–water partition coefficient (Wildman–Crippen LogP) is 2.17. The Kier molecular flexibility index (Phi) is 2.87. The van der Waals surface area contributed by atoms with Crippen molar-refractivity contribution < 1.29 is 18.3 Å². The van der Waals surface area contributed by atoms with Crippen molar-refractivity contribution in [1.29, 1.82) is 0 Å². The summed E-state index contributed by atoms with van der Waals surface area (Å²) in [5.41, 5.74) is 0.139. The predicted molar refractivity (Wildman–Crippen MR) is 70.6 cm³/mol. The van der Waals surface area contributed by atoms with Gasteiger partial charge in [0.1, 0.15) is 0 Å². The van der Waals surface area contributed by atoms with Crippen LogP contribution in [-0.2, 0) is 15.1 Å². The largest absolute Gasteiger partial charge is 0.435 e. The minimum absolute atomic E-state index is 0.352. The van der Waals surface area contributed by atoms with E-state index in [4.69, 9.17) is 18.3 Å². The maximum Gasteiger partial charge on any atom is 0.285 e. The van der Waals surface area contributed by atoms with E-state index < -0.39 is 5.60 Å². The summed E-state index contributed by atoms with van der Waals surface area (Å²) in [6.07, 6.45) is 2.98. The summed E-state index contributed by atoms with van der Waals surface area (Å²) in [6, 6.07) is 0. The highest BCUT2D eigenvalue weighted by Gasteiger charge is 2.42. The molecule has 2 aliphatic rings. The molecule has 0 spiro atoms. The molecule has 1 unspecified atom stereocenters. The summed E-state index contributed by atoms with van der Waals surface area (Å²) in [5.74, 6) is 2.56. The van der Waals surface area contributed by atoms with Gasteiger partial charge in [-0.3, -0.25) is 0 Å². The van der Waals surface area contributed by atoms with Gasteiger partial charge in [-0.1, -0.05) is 0 Å². The first-order valence-corrected chi connectivity index (χ1v) is 7.16. The molecule has 1 atom stereocenters. The molecule has 7 heteroatoms. The minimum atomic E-state index is -0.640. The van der Waals surface area contributed by atoms with Crippen LogP contribution in [0.1, 0.15) is 42.7 Å². The fourth-order valence-corrected chi connectivity index (χ4v) is 2.58. The molecule has 2 aromatic heterocycles. The second-order valence-electron chi connectivity index (χ2n) is 5.65. The van der Waals surface area contributed by atoms with Gasteiger partial charge in [0, 0.05) is 19.4 Å². The molecule has 2 fully saturated rings. The van der Waals surface area contributed by atoms with Crippen LogP contribution in [0.5, 0.6) is 0 Å². The Bertz CT molecular complexity index is 653. The lowest BCUT2D eigenvalue weighted by molar-refractivity contribution is -0.0408. The summed E-state index contributed by atoms with van der Waals surface area (Å²) in [7, 11) is 1.63. The van der Waals surface area contributed by atoms with Crippen molar-refractivity contribution >= 4 is 0 Å². The van der Waals surface area contributed by atoms with E-state index in [1.165, 1.54) is 0 Å². The molecule has 4 rings (SSSR count). The fraction of sp³-hybridized carbons (Fsp3) is 0.643. The van der Waals surface area contributed by atoms with E-state index >= 15 is 0 Å². The molecular formula is C14H17N3O4. The number of rotatable bonds is 4. The zero-order valence-corrected chi connectivity index (χ0v) is 12.1. The Labute approximate surface area is 121 Å². The zero-order chi connectivity index (χ0) is 14.4. The summed E-state index contributed by atoms with van der Waals surface area (Å²) in [4.78, 5) is 4.44. The fourth-order valence-electron chi connectivity index (χ4n) is 2.58. The number of ether oxygens (including phenoxy) is 2. The minimum Gasteiger partial charge on any atom is -0.435 e. The summed E-state index contributed by atoms with van der Waals surface area (Å²) < 4.78 is 22.5. The Hall–Kier alpha value is -1.73. The normalized spacial score (nSPS) is 25.6. The third-order valence-corrected chi connectivity index (χ3v) is 4.12. The molecule has 3 heterocycles. The second kappa shape index (κ2) is 4.64. The van der Waals surface area contributed by atoms with Crippen LogP contribution in [0.4, 0.5) is 0 Å². The molecule has 0 amide bonds. The van der Waals surface area contributed by atoms with E-state index in [9.17, 15) is 0 Å². The van der Waals surface area contributed by atoms with Gasteiger partial charge >= 0.3 is 0 Å². The van der Waals surface area contributed by atoms with Gasteiger partial charge in [0.2, 0.25) is 5.76 Å². The molecule has 2 aromatic rings. The second-order valence-corrected chi connectivity index (χ2v) is 5.65. The maximum absolute atomic E-state index is 5.79. The summed E-state index contributed by atoms with van der Waals surface area (Å²) in [5, 5.41) is 8.21. The molecule has 1 aliphatic carbocycles. The maximum atomic E-state index is 5.79. The van der Waals surface area contributed by atoms with Gasteiger partial charge in [0.15, 0.2) is 11.5 Å². The van der Waals surface area contributed by atoms with E-state index in [1.807, 2.05) is 6.92 Å². The average Bonchev–Trinajstić information content (AvgIpc) is 2.93. The van der Waals surface area contributed by atoms with Crippen LogP contribution in [-0.4, -0.2) is 35.5 Å². The Morgan fingerprint density at radius 1 is 1.24 bits per heavy atom. The van der Waals surface area contributed by atoms with Gasteiger partial charge in [-0.05, 0) is 19.8 Å². The molecule has 0 bridgehead atoms. The lowest BCUT2D eigenvalue weighted by Gasteiger charge is -2.20. The first-order chi connectivity index (χ1) is 10.2. The van der Waals surface area contributed by atoms with Crippen molar-refractivity contribution in [2.24, 2.45) is 0 Å². The monoisotopic (exact) mass is 291 g/mol. The van der Waals surface area contributed by atoms with E-state index in [0.29, 0.717) is 43.1 Å². The lowest BCUT2D eigenvalue weighted by atomic mass is 10.0. The topological polar surface area (TPSA) is 83.4 Å². The van der Waals surface area contributed by atoms with E-state index in [1.54, 1.807) is 7.11 Å². The molecule has 0 radical (unpaired) electrons. The summed E-state index contributed by atoms with van der Waals surface area (Å²) in [6.45, 7) is 2.94. The van der Waals surface area contributed by atoms with E-state index in [0.717, 1.165) is 24.4 Å². The Morgan fingerprint density at radius 3 is 2.76 bits per heavy atom. The highest BCUT2D eigenvalue weighted by molar-refractivity contribution is 5.47. The molecule has 0 aromatic carbocycles. The average molecular weight is 291 g/mol. The van der Waals surface area contributed by atoms with Crippen molar-refractivity contribution in [3.63, 3.8) is 0 Å². The zero-order valence-electron chi connectivity index (χ0n) is 12.1. The van der Waals surface area contributed by atoms with Crippen LogP contribution in [0.2, 0.25) is 0 Å². The van der Waals surface area contributed by atoms with Crippen molar-refractivity contribution in [2.75, 3.05) is 20.3 Å². The number of hydrogen-bond donors (Lipinski definition) is 0. The van der Waals surface area contributed by atoms with Crippen molar-refractivity contribution in [3.05, 3.63) is 17.5 Å².